The summed E-state index contributed by atoms with van der Waals surface area (Å²) in [5, 5.41) is 0. The van der Waals surface area contributed by atoms with E-state index in [-0.39, 0.29) is 24.5 Å². The molecule has 0 spiro atoms. The fourth-order valence-electron chi connectivity index (χ4n) is 2.09. The lowest BCUT2D eigenvalue weighted by Gasteiger charge is -2.35. The van der Waals surface area contributed by atoms with Crippen molar-refractivity contribution >= 4 is 23.6 Å². The number of urea groups is 1. The molecule has 2 aliphatic heterocycles. The molecule has 1 unspecified atom stereocenters. The van der Waals surface area contributed by atoms with Gasteiger partial charge in [0.2, 0.25) is 0 Å². The largest absolute Gasteiger partial charge is 0.377 e. The minimum Gasteiger partial charge on any atom is -0.377 e. The van der Waals surface area contributed by atoms with E-state index < -0.39 is 6.04 Å². The van der Waals surface area contributed by atoms with Gasteiger partial charge in [0.05, 0.1) is 0 Å². The number of hydrogen-bond donors (Lipinski definition) is 0. The van der Waals surface area contributed by atoms with Crippen LogP contribution in [0.15, 0.2) is 9.98 Å². The van der Waals surface area contributed by atoms with Crippen molar-refractivity contribution in [2.24, 2.45) is 15.9 Å². The van der Waals surface area contributed by atoms with Crippen molar-refractivity contribution in [3.8, 4) is 0 Å². The second-order valence-electron chi connectivity index (χ2n) is 5.04. The third kappa shape index (κ3) is 2.37. The number of likely N-dealkylation sites (N-methyl/N-ethyl adjacent to an activating group) is 1. The third-order valence-electron chi connectivity index (χ3n) is 2.95. The number of ether oxygens (including phenoxy) is 1. The summed E-state index contributed by atoms with van der Waals surface area (Å²) in [5.41, 5.74) is 0. The summed E-state index contributed by atoms with van der Waals surface area (Å²) in [5.74, 6) is 0.816. The highest BCUT2D eigenvalue weighted by atomic mass is 16.5. The number of nitrogens with zero attached hydrogens (tertiary/aromatic N) is 4. The van der Waals surface area contributed by atoms with Crippen molar-refractivity contribution in [1.82, 2.24) is 9.80 Å². The standard InChI is InChI=1S/C12H18N4O3/c1-7(2)5-16-10-9(11(17)15(3)12(16)18)13-8(14-10)6-19-4/h7,9H,5-6H2,1-4H3. The van der Waals surface area contributed by atoms with E-state index in [0.29, 0.717) is 18.2 Å². The first kappa shape index (κ1) is 13.7. The Morgan fingerprint density at radius 2 is 2.05 bits per heavy atom. The average Bonchev–Trinajstić information content (AvgIpc) is 2.76. The van der Waals surface area contributed by atoms with Crippen LogP contribution in [0.5, 0.6) is 0 Å². The van der Waals surface area contributed by atoms with Crippen LogP contribution in [-0.4, -0.2) is 66.8 Å². The number of hydrogen-bond acceptors (Lipinski definition) is 5. The zero-order valence-corrected chi connectivity index (χ0v) is 11.6. The van der Waals surface area contributed by atoms with E-state index in [0.717, 1.165) is 4.90 Å². The third-order valence-corrected chi connectivity index (χ3v) is 2.95. The molecule has 1 atom stereocenters. The topological polar surface area (TPSA) is 74.6 Å². The molecular weight excluding hydrogens is 248 g/mol. The predicted molar refractivity (Wildman–Crippen MR) is 70.2 cm³/mol. The van der Waals surface area contributed by atoms with Crippen molar-refractivity contribution in [3.63, 3.8) is 0 Å². The van der Waals surface area contributed by atoms with Crippen LogP contribution in [0.2, 0.25) is 0 Å². The molecule has 0 aliphatic carbocycles. The second kappa shape index (κ2) is 5.08. The molecule has 7 heteroatoms. The molecule has 1 fully saturated rings. The summed E-state index contributed by atoms with van der Waals surface area (Å²) >= 11 is 0. The summed E-state index contributed by atoms with van der Waals surface area (Å²) in [6.45, 7) is 4.76. The summed E-state index contributed by atoms with van der Waals surface area (Å²) in [4.78, 5) is 35.3. The smallest absolute Gasteiger partial charge is 0.331 e. The number of fused-ring (bicyclic) bond motifs is 1. The van der Waals surface area contributed by atoms with Gasteiger partial charge in [-0.15, -0.1) is 0 Å². The quantitative estimate of drug-likeness (QED) is 0.737. The maximum atomic E-state index is 12.1. The van der Waals surface area contributed by atoms with Gasteiger partial charge in [0.15, 0.2) is 11.9 Å². The van der Waals surface area contributed by atoms with Crippen LogP contribution in [-0.2, 0) is 9.53 Å². The highest BCUT2D eigenvalue weighted by molar-refractivity contribution is 6.25. The molecular formula is C12H18N4O3. The molecule has 0 saturated carbocycles. The summed E-state index contributed by atoms with van der Waals surface area (Å²) in [7, 11) is 3.01. The van der Waals surface area contributed by atoms with Gasteiger partial charge in [-0.1, -0.05) is 13.8 Å². The Morgan fingerprint density at radius 1 is 1.37 bits per heavy atom. The Hall–Kier alpha value is -1.76. The minimum atomic E-state index is -0.702. The Balaban J connectivity index is 2.32. The van der Waals surface area contributed by atoms with E-state index in [2.05, 4.69) is 9.98 Å². The van der Waals surface area contributed by atoms with E-state index >= 15 is 0 Å². The molecule has 2 rings (SSSR count). The molecule has 0 bridgehead atoms. The monoisotopic (exact) mass is 266 g/mol. The van der Waals surface area contributed by atoms with Crippen LogP contribution in [0, 0.1) is 5.92 Å². The Labute approximate surface area is 111 Å². The second-order valence-corrected chi connectivity index (χ2v) is 5.04. The number of carbonyl (C=O) groups is 2. The molecule has 3 amide bonds. The highest BCUT2D eigenvalue weighted by Crippen LogP contribution is 2.21. The molecule has 0 N–H and O–H groups in total. The molecule has 7 nitrogen and oxygen atoms in total. The number of amidine groups is 2. The maximum absolute atomic E-state index is 12.1. The van der Waals surface area contributed by atoms with Crippen molar-refractivity contribution in [2.45, 2.75) is 19.9 Å². The Morgan fingerprint density at radius 3 is 2.63 bits per heavy atom. The van der Waals surface area contributed by atoms with Gasteiger partial charge < -0.3 is 4.74 Å². The first-order valence-corrected chi connectivity index (χ1v) is 6.19. The number of amides is 3. The molecule has 0 aromatic rings. The van der Waals surface area contributed by atoms with Crippen molar-refractivity contribution in [1.29, 1.82) is 0 Å². The lowest BCUT2D eigenvalue weighted by molar-refractivity contribution is -0.128. The first-order chi connectivity index (χ1) is 8.95. The lowest BCUT2D eigenvalue weighted by Crippen LogP contribution is -2.60. The maximum Gasteiger partial charge on any atom is 0.331 e. The van der Waals surface area contributed by atoms with Gasteiger partial charge >= 0.3 is 6.03 Å². The molecule has 2 aliphatic rings. The normalized spacial score (nSPS) is 22.9. The zero-order chi connectivity index (χ0) is 14.2. The number of aliphatic imine (C=N–C) groups is 2. The number of carbonyl (C=O) groups excluding carboxylic acids is 2. The van der Waals surface area contributed by atoms with Crippen LogP contribution >= 0.6 is 0 Å². The fourth-order valence-corrected chi connectivity index (χ4v) is 2.09. The molecule has 0 aromatic carbocycles. The number of methoxy groups -OCH3 is 1. The van der Waals surface area contributed by atoms with Gasteiger partial charge in [0, 0.05) is 20.7 Å². The van der Waals surface area contributed by atoms with Crippen LogP contribution in [0.4, 0.5) is 4.79 Å². The molecule has 19 heavy (non-hydrogen) atoms. The summed E-state index contributed by atoms with van der Waals surface area (Å²) in [6, 6.07) is -1.05. The molecule has 1 saturated heterocycles. The molecule has 2 heterocycles. The van der Waals surface area contributed by atoms with Gasteiger partial charge in [-0.25, -0.2) is 14.8 Å². The fraction of sp³-hybridized carbons (Fsp3) is 0.667. The first-order valence-electron chi connectivity index (χ1n) is 6.19. The van der Waals surface area contributed by atoms with Crippen LogP contribution in [0.25, 0.3) is 0 Å². The zero-order valence-electron chi connectivity index (χ0n) is 11.6. The van der Waals surface area contributed by atoms with Gasteiger partial charge in [-0.2, -0.15) is 0 Å². The van der Waals surface area contributed by atoms with E-state index in [1.165, 1.54) is 19.1 Å². The summed E-state index contributed by atoms with van der Waals surface area (Å²) < 4.78 is 4.97. The Bertz CT molecular complexity index is 470. The van der Waals surface area contributed by atoms with Crippen LogP contribution in [0.3, 0.4) is 0 Å². The van der Waals surface area contributed by atoms with E-state index in [1.807, 2.05) is 13.8 Å². The van der Waals surface area contributed by atoms with Crippen molar-refractivity contribution in [3.05, 3.63) is 0 Å². The molecule has 0 radical (unpaired) electrons. The average molecular weight is 266 g/mol. The van der Waals surface area contributed by atoms with Gasteiger partial charge in [-0.05, 0) is 5.92 Å². The van der Waals surface area contributed by atoms with Crippen molar-refractivity contribution < 1.29 is 14.3 Å². The SMILES string of the molecule is COCC1=NC2C(=O)N(C)C(=O)N(CC(C)C)C2=N1. The predicted octanol–water partition coefficient (Wildman–Crippen LogP) is 0.362. The van der Waals surface area contributed by atoms with Crippen molar-refractivity contribution in [2.75, 3.05) is 27.3 Å². The van der Waals surface area contributed by atoms with E-state index in [4.69, 9.17) is 4.74 Å². The lowest BCUT2D eigenvalue weighted by atomic mass is 10.1. The van der Waals surface area contributed by atoms with Gasteiger partial charge in [-0.3, -0.25) is 14.6 Å². The van der Waals surface area contributed by atoms with Crippen LogP contribution in [0.1, 0.15) is 13.8 Å². The molecule has 0 aromatic heterocycles. The molecule has 104 valence electrons. The van der Waals surface area contributed by atoms with E-state index in [9.17, 15) is 9.59 Å². The summed E-state index contributed by atoms with van der Waals surface area (Å²) in [6.07, 6.45) is 0. The number of imide groups is 1. The Kier molecular flexibility index (Phi) is 3.66. The van der Waals surface area contributed by atoms with Gasteiger partial charge in [0.25, 0.3) is 5.91 Å². The highest BCUT2D eigenvalue weighted by Gasteiger charge is 2.45. The van der Waals surface area contributed by atoms with Gasteiger partial charge in [0.1, 0.15) is 12.4 Å². The minimum absolute atomic E-state index is 0.237. The van der Waals surface area contributed by atoms with E-state index in [1.54, 1.807) is 0 Å². The number of rotatable bonds is 4. The van der Waals surface area contributed by atoms with Crippen LogP contribution < -0.4 is 0 Å².